The smallest absolute Gasteiger partial charge is 0.222 e. The highest BCUT2D eigenvalue weighted by atomic mass is 16.2. The first kappa shape index (κ1) is 17.9. The molecular weight excluding hydrogens is 338 g/mol. The molecule has 0 spiro atoms. The fourth-order valence-electron chi connectivity index (χ4n) is 4.21. The van der Waals surface area contributed by atoms with E-state index in [1.165, 1.54) is 11.1 Å². The normalized spacial score (nSPS) is 17.9. The molecule has 6 heteroatoms. The summed E-state index contributed by atoms with van der Waals surface area (Å²) >= 11 is 0. The van der Waals surface area contributed by atoms with E-state index in [1.54, 1.807) is 6.20 Å². The van der Waals surface area contributed by atoms with E-state index < -0.39 is 0 Å². The second-order valence-corrected chi connectivity index (χ2v) is 7.58. The molecule has 2 aliphatic rings. The van der Waals surface area contributed by atoms with Crippen molar-refractivity contribution in [3.63, 3.8) is 0 Å². The van der Waals surface area contributed by atoms with Gasteiger partial charge in [-0.15, -0.1) is 0 Å². The van der Waals surface area contributed by atoms with Crippen molar-refractivity contribution in [1.82, 2.24) is 19.8 Å². The maximum absolute atomic E-state index is 12.5. The summed E-state index contributed by atoms with van der Waals surface area (Å²) in [5.41, 5.74) is 9.54. The van der Waals surface area contributed by atoms with Crippen molar-refractivity contribution in [3.8, 4) is 0 Å². The molecule has 0 aliphatic carbocycles. The maximum Gasteiger partial charge on any atom is 0.222 e. The Morgan fingerprint density at radius 3 is 2.48 bits per heavy atom. The topological polar surface area (TPSA) is 75.3 Å². The third-order valence-corrected chi connectivity index (χ3v) is 5.73. The van der Waals surface area contributed by atoms with E-state index in [2.05, 4.69) is 39.1 Å². The average molecular weight is 365 g/mol. The number of nitrogen functional groups attached to an aromatic ring is 1. The van der Waals surface area contributed by atoms with Gasteiger partial charge in [-0.2, -0.15) is 0 Å². The van der Waals surface area contributed by atoms with Crippen LogP contribution >= 0.6 is 0 Å². The van der Waals surface area contributed by atoms with Crippen molar-refractivity contribution in [2.75, 3.05) is 25.4 Å². The van der Waals surface area contributed by atoms with Crippen LogP contribution in [0.5, 0.6) is 0 Å². The molecule has 0 radical (unpaired) electrons. The van der Waals surface area contributed by atoms with E-state index >= 15 is 0 Å². The van der Waals surface area contributed by atoms with Gasteiger partial charge < -0.3 is 10.6 Å². The largest absolute Gasteiger partial charge is 0.368 e. The molecule has 1 fully saturated rings. The number of piperidine rings is 1. The molecule has 0 bridgehead atoms. The number of rotatable bonds is 5. The average Bonchev–Trinajstić information content (AvgIpc) is 3.11. The Morgan fingerprint density at radius 2 is 1.81 bits per heavy atom. The second kappa shape index (κ2) is 8.05. The molecule has 27 heavy (non-hydrogen) atoms. The predicted octanol–water partition coefficient (Wildman–Crippen LogP) is 2.56. The fourth-order valence-corrected chi connectivity index (χ4v) is 4.21. The molecule has 6 nitrogen and oxygen atoms in total. The minimum Gasteiger partial charge on any atom is -0.368 e. The quantitative estimate of drug-likeness (QED) is 0.881. The van der Waals surface area contributed by atoms with Crippen LogP contribution in [0, 0.1) is 0 Å². The maximum atomic E-state index is 12.5. The molecule has 1 amide bonds. The first-order chi connectivity index (χ1) is 13.2. The molecule has 2 aliphatic heterocycles. The van der Waals surface area contributed by atoms with Crippen LogP contribution in [0.4, 0.5) is 5.95 Å². The van der Waals surface area contributed by atoms with Crippen molar-refractivity contribution in [2.24, 2.45) is 0 Å². The number of anilines is 1. The molecule has 1 aromatic heterocycles. The number of likely N-dealkylation sites (tertiary alicyclic amines) is 1. The highest BCUT2D eigenvalue weighted by Gasteiger charge is 2.25. The Hall–Kier alpha value is -2.47. The molecule has 0 saturated carbocycles. The van der Waals surface area contributed by atoms with Crippen molar-refractivity contribution in [2.45, 2.75) is 44.7 Å². The first-order valence-electron chi connectivity index (χ1n) is 9.84. The zero-order valence-electron chi connectivity index (χ0n) is 15.7. The SMILES string of the molecule is Nc1nccc(C2CCN(C(=O)CCCN3Cc4ccccc4C3)CC2)n1. The Bertz CT molecular complexity index is 776. The minimum atomic E-state index is 0.285. The lowest BCUT2D eigenvalue weighted by Crippen LogP contribution is -2.38. The number of carbonyl (C=O) groups is 1. The van der Waals surface area contributed by atoms with Gasteiger partial charge in [0.05, 0.1) is 0 Å². The second-order valence-electron chi connectivity index (χ2n) is 7.58. The molecule has 1 aromatic carbocycles. The molecular formula is C21H27N5O. The van der Waals surface area contributed by atoms with Crippen LogP contribution in [0.2, 0.25) is 0 Å². The van der Waals surface area contributed by atoms with E-state index in [9.17, 15) is 4.79 Å². The standard InChI is InChI=1S/C21H27N5O/c22-21-23-10-7-19(24-21)16-8-12-26(13-9-16)20(27)6-3-11-25-14-17-4-1-2-5-18(17)15-25/h1-2,4-5,7,10,16H,3,6,8-9,11-15H2,(H2,22,23,24). The Balaban J connectivity index is 1.19. The first-order valence-corrected chi connectivity index (χ1v) is 9.84. The van der Waals surface area contributed by atoms with E-state index in [0.717, 1.165) is 57.7 Å². The van der Waals surface area contributed by atoms with Gasteiger partial charge in [-0.1, -0.05) is 24.3 Å². The Labute approximate surface area is 160 Å². The lowest BCUT2D eigenvalue weighted by molar-refractivity contribution is -0.132. The minimum absolute atomic E-state index is 0.285. The van der Waals surface area contributed by atoms with E-state index in [4.69, 9.17) is 5.73 Å². The zero-order valence-corrected chi connectivity index (χ0v) is 15.7. The van der Waals surface area contributed by atoms with Crippen LogP contribution in [-0.4, -0.2) is 45.3 Å². The summed E-state index contributed by atoms with van der Waals surface area (Å²) in [6.07, 6.45) is 5.17. The number of fused-ring (bicyclic) bond motifs is 1. The summed E-state index contributed by atoms with van der Waals surface area (Å²) in [4.78, 5) is 25.3. The van der Waals surface area contributed by atoms with Gasteiger partial charge in [0.1, 0.15) is 0 Å². The van der Waals surface area contributed by atoms with Crippen molar-refractivity contribution in [3.05, 3.63) is 53.3 Å². The number of amides is 1. The van der Waals surface area contributed by atoms with Gasteiger partial charge >= 0.3 is 0 Å². The lowest BCUT2D eigenvalue weighted by atomic mass is 9.93. The van der Waals surface area contributed by atoms with E-state index in [-0.39, 0.29) is 5.91 Å². The summed E-state index contributed by atoms with van der Waals surface area (Å²) in [5, 5.41) is 0. The number of nitrogens with two attached hydrogens (primary N) is 1. The van der Waals surface area contributed by atoms with Crippen molar-refractivity contribution >= 4 is 11.9 Å². The summed E-state index contributed by atoms with van der Waals surface area (Å²) in [7, 11) is 0. The summed E-state index contributed by atoms with van der Waals surface area (Å²) < 4.78 is 0. The molecule has 4 rings (SSSR count). The van der Waals surface area contributed by atoms with Gasteiger partial charge in [-0.05, 0) is 43.0 Å². The molecule has 1 saturated heterocycles. The van der Waals surface area contributed by atoms with E-state index in [1.807, 2.05) is 11.0 Å². The van der Waals surface area contributed by atoms with E-state index in [0.29, 0.717) is 18.3 Å². The van der Waals surface area contributed by atoms with Gasteiger partial charge in [-0.3, -0.25) is 9.69 Å². The Kier molecular flexibility index (Phi) is 5.34. The summed E-state index contributed by atoms with van der Waals surface area (Å²) in [6.45, 7) is 4.62. The van der Waals surface area contributed by atoms with Gasteiger partial charge in [0.15, 0.2) is 0 Å². The molecule has 2 N–H and O–H groups in total. The zero-order chi connectivity index (χ0) is 18.6. The monoisotopic (exact) mass is 365 g/mol. The van der Waals surface area contributed by atoms with Crippen molar-refractivity contribution < 1.29 is 4.79 Å². The van der Waals surface area contributed by atoms with Gasteiger partial charge in [-0.25, -0.2) is 9.97 Å². The van der Waals surface area contributed by atoms with Gasteiger partial charge in [0.25, 0.3) is 0 Å². The fraction of sp³-hybridized carbons (Fsp3) is 0.476. The molecule has 3 heterocycles. The molecule has 2 aromatic rings. The van der Waals surface area contributed by atoms with Crippen LogP contribution in [-0.2, 0) is 17.9 Å². The third-order valence-electron chi connectivity index (χ3n) is 5.73. The Morgan fingerprint density at radius 1 is 1.11 bits per heavy atom. The molecule has 0 unspecified atom stereocenters. The third kappa shape index (κ3) is 4.27. The number of benzene rings is 1. The highest BCUT2D eigenvalue weighted by Crippen LogP contribution is 2.27. The number of hydrogen-bond acceptors (Lipinski definition) is 5. The van der Waals surface area contributed by atoms with Gasteiger partial charge in [0.2, 0.25) is 11.9 Å². The molecule has 142 valence electrons. The summed E-state index contributed by atoms with van der Waals surface area (Å²) in [6, 6.07) is 10.6. The number of nitrogens with zero attached hydrogens (tertiary/aromatic N) is 4. The molecule has 0 atom stereocenters. The number of hydrogen-bond donors (Lipinski definition) is 1. The van der Waals surface area contributed by atoms with Crippen LogP contribution in [0.15, 0.2) is 36.5 Å². The van der Waals surface area contributed by atoms with Crippen LogP contribution in [0.1, 0.15) is 48.4 Å². The van der Waals surface area contributed by atoms with Crippen LogP contribution < -0.4 is 5.73 Å². The lowest BCUT2D eigenvalue weighted by Gasteiger charge is -2.32. The number of carbonyl (C=O) groups excluding carboxylic acids is 1. The van der Waals surface area contributed by atoms with Crippen LogP contribution in [0.25, 0.3) is 0 Å². The predicted molar refractivity (Wildman–Crippen MR) is 105 cm³/mol. The van der Waals surface area contributed by atoms with Gasteiger partial charge in [0, 0.05) is 50.4 Å². The highest BCUT2D eigenvalue weighted by molar-refractivity contribution is 5.76. The van der Waals surface area contributed by atoms with Crippen molar-refractivity contribution in [1.29, 1.82) is 0 Å². The summed E-state index contributed by atoms with van der Waals surface area (Å²) in [5.74, 6) is 0.991. The van der Waals surface area contributed by atoms with Crippen LogP contribution in [0.3, 0.4) is 0 Å². The number of aromatic nitrogens is 2.